The molecule has 1 amide bonds. The van der Waals surface area contributed by atoms with E-state index in [2.05, 4.69) is 15.3 Å². The van der Waals surface area contributed by atoms with Gasteiger partial charge in [-0.15, -0.1) is 0 Å². The van der Waals surface area contributed by atoms with E-state index in [9.17, 15) is 4.79 Å². The molecule has 1 aliphatic rings. The van der Waals surface area contributed by atoms with Crippen LogP contribution in [-0.2, 0) is 6.54 Å². The Morgan fingerprint density at radius 2 is 2.24 bits per heavy atom. The zero-order valence-corrected chi connectivity index (χ0v) is 10.4. The molecule has 92 valence electrons. The minimum atomic E-state index is -0.346. The van der Waals surface area contributed by atoms with Gasteiger partial charge in [0.2, 0.25) is 0 Å². The van der Waals surface area contributed by atoms with Gasteiger partial charge in [-0.25, -0.2) is 10.8 Å². The largest absolute Gasteiger partial charge is 0.296 e. The number of hydrazine groups is 1. The van der Waals surface area contributed by atoms with Crippen LogP contribution >= 0.6 is 11.8 Å². The zero-order chi connectivity index (χ0) is 12.1. The van der Waals surface area contributed by atoms with Crippen LogP contribution in [0.15, 0.2) is 18.2 Å². The highest BCUT2D eigenvalue weighted by atomic mass is 32.2. The number of rotatable bonds is 3. The third kappa shape index (κ3) is 3.42. The SMILES string of the molecule is NNC(=O)c1cccc(CN2CCSCC2)n1. The summed E-state index contributed by atoms with van der Waals surface area (Å²) >= 11 is 1.98. The number of nitrogens with two attached hydrogens (primary N) is 1. The summed E-state index contributed by atoms with van der Waals surface area (Å²) in [5.74, 6) is 7.08. The van der Waals surface area contributed by atoms with Crippen molar-refractivity contribution in [1.29, 1.82) is 0 Å². The molecule has 3 N–H and O–H groups in total. The Morgan fingerprint density at radius 3 is 2.94 bits per heavy atom. The number of thioether (sulfide) groups is 1. The van der Waals surface area contributed by atoms with Crippen LogP contribution in [-0.4, -0.2) is 40.4 Å². The molecular formula is C11H16N4OS. The maximum atomic E-state index is 11.3. The predicted molar refractivity (Wildman–Crippen MR) is 68.5 cm³/mol. The first-order valence-corrected chi connectivity index (χ1v) is 6.72. The van der Waals surface area contributed by atoms with E-state index in [1.807, 2.05) is 23.9 Å². The molecule has 5 nitrogen and oxygen atoms in total. The number of hydrogen-bond acceptors (Lipinski definition) is 5. The summed E-state index contributed by atoms with van der Waals surface area (Å²) < 4.78 is 0. The highest BCUT2D eigenvalue weighted by molar-refractivity contribution is 7.99. The summed E-state index contributed by atoms with van der Waals surface area (Å²) in [6.07, 6.45) is 0. The first-order valence-electron chi connectivity index (χ1n) is 5.56. The average molecular weight is 252 g/mol. The molecule has 0 aliphatic carbocycles. The maximum Gasteiger partial charge on any atom is 0.283 e. The van der Waals surface area contributed by atoms with Gasteiger partial charge in [-0.05, 0) is 12.1 Å². The standard InChI is InChI=1S/C11H16N4OS/c12-14-11(16)10-3-1-2-9(13-10)8-15-4-6-17-7-5-15/h1-3H,4-8,12H2,(H,14,16). The van der Waals surface area contributed by atoms with Crippen molar-refractivity contribution in [1.82, 2.24) is 15.3 Å². The number of carbonyl (C=O) groups excluding carboxylic acids is 1. The normalized spacial score (nSPS) is 16.8. The van der Waals surface area contributed by atoms with Gasteiger partial charge in [0.15, 0.2) is 0 Å². The van der Waals surface area contributed by atoms with E-state index in [1.54, 1.807) is 6.07 Å². The van der Waals surface area contributed by atoms with Crippen molar-refractivity contribution in [3.63, 3.8) is 0 Å². The van der Waals surface area contributed by atoms with Crippen LogP contribution in [0.3, 0.4) is 0 Å². The molecular weight excluding hydrogens is 236 g/mol. The Balaban J connectivity index is 2.02. The molecule has 0 aromatic carbocycles. The van der Waals surface area contributed by atoms with Crippen molar-refractivity contribution in [2.45, 2.75) is 6.54 Å². The van der Waals surface area contributed by atoms with Crippen LogP contribution in [0.1, 0.15) is 16.2 Å². The lowest BCUT2D eigenvalue weighted by Gasteiger charge is -2.25. The van der Waals surface area contributed by atoms with Gasteiger partial charge in [0.05, 0.1) is 5.69 Å². The van der Waals surface area contributed by atoms with Crippen molar-refractivity contribution in [3.8, 4) is 0 Å². The Kier molecular flexibility index (Phi) is 4.36. The van der Waals surface area contributed by atoms with Gasteiger partial charge in [-0.1, -0.05) is 6.07 Å². The lowest BCUT2D eigenvalue weighted by atomic mass is 10.2. The molecule has 1 fully saturated rings. The average Bonchev–Trinajstić information content (AvgIpc) is 2.39. The van der Waals surface area contributed by atoms with Gasteiger partial charge in [-0.2, -0.15) is 11.8 Å². The van der Waals surface area contributed by atoms with E-state index in [4.69, 9.17) is 5.84 Å². The van der Waals surface area contributed by atoms with Gasteiger partial charge in [0.1, 0.15) is 5.69 Å². The minimum absolute atomic E-state index is 0.346. The van der Waals surface area contributed by atoms with Crippen LogP contribution in [0.4, 0.5) is 0 Å². The molecule has 0 atom stereocenters. The van der Waals surface area contributed by atoms with Gasteiger partial charge >= 0.3 is 0 Å². The fourth-order valence-corrected chi connectivity index (χ4v) is 2.74. The molecule has 1 saturated heterocycles. The van der Waals surface area contributed by atoms with E-state index in [0.717, 1.165) is 25.3 Å². The molecule has 0 radical (unpaired) electrons. The van der Waals surface area contributed by atoms with E-state index in [-0.39, 0.29) is 5.91 Å². The smallest absolute Gasteiger partial charge is 0.283 e. The summed E-state index contributed by atoms with van der Waals surface area (Å²) in [6.45, 7) is 2.96. The minimum Gasteiger partial charge on any atom is -0.296 e. The molecule has 6 heteroatoms. The van der Waals surface area contributed by atoms with Crippen molar-refractivity contribution in [2.75, 3.05) is 24.6 Å². The second-order valence-electron chi connectivity index (χ2n) is 3.88. The number of nitrogens with one attached hydrogen (secondary N) is 1. The van der Waals surface area contributed by atoms with Crippen LogP contribution in [0, 0.1) is 0 Å². The number of nitrogens with zero attached hydrogens (tertiary/aromatic N) is 2. The molecule has 0 saturated carbocycles. The number of aromatic nitrogens is 1. The quantitative estimate of drug-likeness (QED) is 0.458. The number of pyridine rings is 1. The van der Waals surface area contributed by atoms with Gasteiger partial charge in [-0.3, -0.25) is 15.1 Å². The highest BCUT2D eigenvalue weighted by Crippen LogP contribution is 2.12. The Bertz CT molecular complexity index is 393. The number of carbonyl (C=O) groups is 1. The molecule has 0 spiro atoms. The van der Waals surface area contributed by atoms with E-state index >= 15 is 0 Å². The summed E-state index contributed by atoms with van der Waals surface area (Å²) in [5, 5.41) is 0. The van der Waals surface area contributed by atoms with Crippen molar-refractivity contribution in [2.24, 2.45) is 5.84 Å². The summed E-state index contributed by atoms with van der Waals surface area (Å²) in [4.78, 5) is 18.0. The lowest BCUT2D eigenvalue weighted by molar-refractivity contribution is 0.0948. The zero-order valence-electron chi connectivity index (χ0n) is 9.56. The Hall–Kier alpha value is -1.11. The first-order chi connectivity index (χ1) is 8.29. The second-order valence-corrected chi connectivity index (χ2v) is 5.10. The van der Waals surface area contributed by atoms with Crippen molar-refractivity contribution in [3.05, 3.63) is 29.6 Å². The Morgan fingerprint density at radius 1 is 1.47 bits per heavy atom. The number of amides is 1. The summed E-state index contributed by atoms with van der Waals surface area (Å²) in [6, 6.07) is 5.44. The van der Waals surface area contributed by atoms with E-state index < -0.39 is 0 Å². The Labute approximate surface area is 105 Å². The molecule has 2 heterocycles. The van der Waals surface area contributed by atoms with Crippen molar-refractivity contribution >= 4 is 17.7 Å². The third-order valence-corrected chi connectivity index (χ3v) is 3.60. The molecule has 1 aromatic rings. The van der Waals surface area contributed by atoms with Gasteiger partial charge in [0.25, 0.3) is 5.91 Å². The molecule has 17 heavy (non-hydrogen) atoms. The molecule has 2 rings (SSSR count). The first kappa shape index (κ1) is 12.3. The highest BCUT2D eigenvalue weighted by Gasteiger charge is 2.12. The van der Waals surface area contributed by atoms with Crippen LogP contribution in [0.2, 0.25) is 0 Å². The van der Waals surface area contributed by atoms with Crippen molar-refractivity contribution < 1.29 is 4.79 Å². The van der Waals surface area contributed by atoms with Crippen LogP contribution in [0.25, 0.3) is 0 Å². The van der Waals surface area contributed by atoms with Crippen LogP contribution < -0.4 is 11.3 Å². The second kappa shape index (κ2) is 6.00. The topological polar surface area (TPSA) is 71.2 Å². The number of nitrogen functional groups attached to an aromatic ring is 1. The van der Waals surface area contributed by atoms with Crippen LogP contribution in [0.5, 0.6) is 0 Å². The van der Waals surface area contributed by atoms with Gasteiger partial charge < -0.3 is 0 Å². The molecule has 1 aromatic heterocycles. The van der Waals surface area contributed by atoms with E-state index in [1.165, 1.54) is 11.5 Å². The molecule has 1 aliphatic heterocycles. The third-order valence-electron chi connectivity index (χ3n) is 2.66. The fourth-order valence-electron chi connectivity index (χ4n) is 1.76. The summed E-state index contributed by atoms with van der Waals surface area (Å²) in [7, 11) is 0. The predicted octanol–water partition coefficient (Wildman–Crippen LogP) is 0.234. The molecule has 0 bridgehead atoms. The van der Waals surface area contributed by atoms with E-state index in [0.29, 0.717) is 5.69 Å². The number of hydrogen-bond donors (Lipinski definition) is 2. The van der Waals surface area contributed by atoms with Gasteiger partial charge in [0, 0.05) is 31.1 Å². The monoisotopic (exact) mass is 252 g/mol. The summed E-state index contributed by atoms with van der Waals surface area (Å²) in [5.41, 5.74) is 3.38. The lowest BCUT2D eigenvalue weighted by Crippen LogP contribution is -2.33. The maximum absolute atomic E-state index is 11.3. The molecule has 0 unspecified atom stereocenters. The fraction of sp³-hybridized carbons (Fsp3) is 0.455.